The highest BCUT2D eigenvalue weighted by molar-refractivity contribution is 5.70. The molecule has 1 unspecified atom stereocenters. The highest BCUT2D eigenvalue weighted by atomic mass is 16.6. The average Bonchev–Trinajstić information content (AvgIpc) is 3.53. The summed E-state index contributed by atoms with van der Waals surface area (Å²) in [6, 6.07) is 11.4. The van der Waals surface area contributed by atoms with Crippen molar-refractivity contribution in [1.82, 2.24) is 19.8 Å². The van der Waals surface area contributed by atoms with E-state index < -0.39 is 5.60 Å². The largest absolute Gasteiger partial charge is 0.462 e. The van der Waals surface area contributed by atoms with Gasteiger partial charge in [0.15, 0.2) is 0 Å². The molecule has 9 heteroatoms. The van der Waals surface area contributed by atoms with Crippen molar-refractivity contribution in [2.45, 2.75) is 82.4 Å². The van der Waals surface area contributed by atoms with Crippen LogP contribution in [0.1, 0.15) is 68.8 Å². The fourth-order valence-corrected chi connectivity index (χ4v) is 7.01. The molecule has 222 valence electrons. The first-order chi connectivity index (χ1) is 20.2. The van der Waals surface area contributed by atoms with Gasteiger partial charge in [0, 0.05) is 43.1 Å². The van der Waals surface area contributed by atoms with Crippen LogP contribution in [0.3, 0.4) is 0 Å². The van der Waals surface area contributed by atoms with E-state index in [1.807, 2.05) is 20.8 Å². The number of ether oxygens (including phenoxy) is 2. The third-order valence-electron chi connectivity index (χ3n) is 9.25. The molecule has 0 N–H and O–H groups in total. The molecule has 3 heterocycles. The Morgan fingerprint density at radius 3 is 2.76 bits per heavy atom. The van der Waals surface area contributed by atoms with E-state index in [4.69, 9.17) is 19.4 Å². The molecule has 0 saturated carbocycles. The summed E-state index contributed by atoms with van der Waals surface area (Å²) >= 11 is 0. The molecule has 42 heavy (non-hydrogen) atoms. The molecule has 1 aromatic heterocycles. The fraction of sp³-hybridized carbons (Fsp3) is 0.576. The lowest BCUT2D eigenvalue weighted by Gasteiger charge is -2.43. The standard InChI is InChI=1S/C33H42N6O3/c1-32(2,3)42-31(40)39-19-18-38(21-24(39)13-16-34)29-26-12-15-33(14-11-23-8-5-6-10-27(23)33)20-28(26)35-30(36-29)41-22-25-9-7-17-37(25)4/h5-6,8,10-11,14,24-25H,7,9,12-13,15,17-22H2,1-4H3/t24-,25-,33?/m0/s1. The molecular formula is C33H42N6O3. The number of amides is 1. The van der Waals surface area contributed by atoms with Crippen LogP contribution in [0, 0.1) is 11.3 Å². The minimum atomic E-state index is -0.597. The van der Waals surface area contributed by atoms with Crippen LogP contribution < -0.4 is 9.64 Å². The van der Waals surface area contributed by atoms with Gasteiger partial charge in [-0.1, -0.05) is 36.4 Å². The number of nitrogens with zero attached hydrogens (tertiary/aromatic N) is 6. The third-order valence-corrected chi connectivity index (χ3v) is 9.25. The highest BCUT2D eigenvalue weighted by Crippen LogP contribution is 2.46. The van der Waals surface area contributed by atoms with Crippen molar-refractivity contribution in [1.29, 1.82) is 5.26 Å². The second-order valence-corrected chi connectivity index (χ2v) is 13.2. The Balaban J connectivity index is 1.31. The summed E-state index contributed by atoms with van der Waals surface area (Å²) in [5, 5.41) is 9.63. The predicted octanol–water partition coefficient (Wildman–Crippen LogP) is 4.74. The van der Waals surface area contributed by atoms with Crippen LogP contribution in [0.5, 0.6) is 6.01 Å². The van der Waals surface area contributed by atoms with Crippen molar-refractivity contribution in [3.8, 4) is 12.1 Å². The summed E-state index contributed by atoms with van der Waals surface area (Å²) in [5.41, 5.74) is 4.18. The number of rotatable bonds is 5. The molecule has 0 bridgehead atoms. The summed E-state index contributed by atoms with van der Waals surface area (Å²) in [6.45, 7) is 8.81. The molecule has 9 nitrogen and oxygen atoms in total. The third kappa shape index (κ3) is 5.57. The number of fused-ring (bicyclic) bond motifs is 3. The van der Waals surface area contributed by atoms with Gasteiger partial charge < -0.3 is 24.2 Å². The summed E-state index contributed by atoms with van der Waals surface area (Å²) < 4.78 is 12.0. The molecule has 1 amide bonds. The van der Waals surface area contributed by atoms with E-state index in [9.17, 15) is 10.1 Å². The van der Waals surface area contributed by atoms with E-state index in [1.165, 1.54) is 17.5 Å². The number of likely N-dealkylation sites (N-methyl/N-ethyl adjacent to an activating group) is 1. The minimum Gasteiger partial charge on any atom is -0.462 e. The number of carbonyl (C=O) groups excluding carboxylic acids is 1. The van der Waals surface area contributed by atoms with Crippen molar-refractivity contribution in [2.24, 2.45) is 0 Å². The zero-order valence-electron chi connectivity index (χ0n) is 25.3. The molecule has 0 radical (unpaired) electrons. The Morgan fingerprint density at radius 2 is 2.00 bits per heavy atom. The van der Waals surface area contributed by atoms with Gasteiger partial charge in [-0.2, -0.15) is 15.2 Å². The molecule has 2 aromatic rings. The Bertz CT molecular complexity index is 1410. The van der Waals surface area contributed by atoms with Crippen LogP contribution in [0.15, 0.2) is 30.3 Å². The quantitative estimate of drug-likeness (QED) is 0.509. The highest BCUT2D eigenvalue weighted by Gasteiger charge is 2.41. The minimum absolute atomic E-state index is 0.0725. The Morgan fingerprint density at radius 1 is 1.17 bits per heavy atom. The van der Waals surface area contributed by atoms with Gasteiger partial charge >= 0.3 is 12.1 Å². The number of hydrogen-bond donors (Lipinski definition) is 0. The number of aromatic nitrogens is 2. The predicted molar refractivity (Wildman–Crippen MR) is 162 cm³/mol. The van der Waals surface area contributed by atoms with Gasteiger partial charge in [-0.05, 0) is 71.2 Å². The van der Waals surface area contributed by atoms with Gasteiger partial charge in [0.1, 0.15) is 18.0 Å². The van der Waals surface area contributed by atoms with Crippen LogP contribution in [-0.2, 0) is 23.0 Å². The number of benzene rings is 1. The lowest BCUT2D eigenvalue weighted by Crippen LogP contribution is -2.56. The van der Waals surface area contributed by atoms with E-state index >= 15 is 0 Å². The van der Waals surface area contributed by atoms with Crippen LogP contribution in [0.2, 0.25) is 0 Å². The fourth-order valence-electron chi connectivity index (χ4n) is 7.01. The first-order valence-electron chi connectivity index (χ1n) is 15.3. The number of allylic oxidation sites excluding steroid dienone is 1. The number of carbonyl (C=O) groups is 1. The van der Waals surface area contributed by atoms with E-state index in [0.29, 0.717) is 38.3 Å². The van der Waals surface area contributed by atoms with Gasteiger partial charge in [-0.25, -0.2) is 4.79 Å². The second kappa shape index (κ2) is 11.2. The summed E-state index contributed by atoms with van der Waals surface area (Å²) in [7, 11) is 2.15. The number of likely N-dealkylation sites (tertiary alicyclic amines) is 1. The molecule has 1 aromatic carbocycles. The van der Waals surface area contributed by atoms with E-state index in [0.717, 1.165) is 49.3 Å². The first kappa shape index (κ1) is 28.5. The van der Waals surface area contributed by atoms with Crippen LogP contribution >= 0.6 is 0 Å². The monoisotopic (exact) mass is 570 g/mol. The Hall–Kier alpha value is -3.64. The topological polar surface area (TPSA) is 94.8 Å². The van der Waals surface area contributed by atoms with Gasteiger partial charge in [0.05, 0.1) is 24.2 Å². The molecule has 3 atom stereocenters. The number of hydrogen-bond acceptors (Lipinski definition) is 8. The first-order valence-corrected chi connectivity index (χ1v) is 15.3. The van der Waals surface area contributed by atoms with Crippen molar-refractivity contribution in [3.63, 3.8) is 0 Å². The van der Waals surface area contributed by atoms with E-state index in [2.05, 4.69) is 59.3 Å². The molecule has 1 spiro atoms. The second-order valence-electron chi connectivity index (χ2n) is 13.2. The number of nitriles is 1. The van der Waals surface area contributed by atoms with Crippen LogP contribution in [0.25, 0.3) is 6.08 Å². The SMILES string of the molecule is CN1CCC[C@H]1COc1nc2c(c(N3CCN(C(=O)OC(C)(C)C)[C@@H](CC#N)C3)n1)CCC1(C=Cc3ccccc31)C2. The average molecular weight is 571 g/mol. The summed E-state index contributed by atoms with van der Waals surface area (Å²) in [5.74, 6) is 0.881. The van der Waals surface area contributed by atoms with Crippen molar-refractivity contribution < 1.29 is 14.3 Å². The Kier molecular flexibility index (Phi) is 7.61. The zero-order chi connectivity index (χ0) is 29.5. The molecule has 4 aliphatic rings. The normalized spacial score (nSPS) is 25.3. The van der Waals surface area contributed by atoms with Crippen LogP contribution in [0.4, 0.5) is 10.6 Å². The lowest BCUT2D eigenvalue weighted by atomic mass is 9.70. The molecular weight excluding hydrogens is 528 g/mol. The maximum atomic E-state index is 13.0. The van der Waals surface area contributed by atoms with E-state index in [-0.39, 0.29) is 24.0 Å². The van der Waals surface area contributed by atoms with Gasteiger partial charge in [0.2, 0.25) is 0 Å². The Labute approximate surface area is 249 Å². The lowest BCUT2D eigenvalue weighted by molar-refractivity contribution is 0.0144. The smallest absolute Gasteiger partial charge is 0.410 e. The molecule has 2 aliphatic carbocycles. The molecule has 2 fully saturated rings. The van der Waals surface area contributed by atoms with Crippen molar-refractivity contribution in [3.05, 3.63) is 52.7 Å². The van der Waals surface area contributed by atoms with Gasteiger partial charge in [0.25, 0.3) is 0 Å². The maximum absolute atomic E-state index is 13.0. The van der Waals surface area contributed by atoms with Gasteiger partial charge in [-0.15, -0.1) is 0 Å². The maximum Gasteiger partial charge on any atom is 0.410 e. The molecule has 2 aliphatic heterocycles. The summed E-state index contributed by atoms with van der Waals surface area (Å²) in [6.07, 6.45) is 9.39. The van der Waals surface area contributed by atoms with Crippen molar-refractivity contribution in [2.75, 3.05) is 44.7 Å². The molecule has 2 saturated heterocycles. The van der Waals surface area contributed by atoms with Gasteiger partial charge in [-0.3, -0.25) is 0 Å². The number of anilines is 1. The number of piperazine rings is 1. The van der Waals surface area contributed by atoms with Crippen LogP contribution in [-0.4, -0.2) is 83.4 Å². The molecule has 6 rings (SSSR count). The van der Waals surface area contributed by atoms with E-state index in [1.54, 1.807) is 4.90 Å². The summed E-state index contributed by atoms with van der Waals surface area (Å²) in [4.78, 5) is 29.4. The zero-order valence-corrected chi connectivity index (χ0v) is 25.3. The van der Waals surface area contributed by atoms with Crippen molar-refractivity contribution >= 4 is 18.0 Å².